The van der Waals surface area contributed by atoms with Crippen LogP contribution >= 0.6 is 0 Å². The van der Waals surface area contributed by atoms with Crippen LogP contribution in [-0.2, 0) is 14.6 Å². The quantitative estimate of drug-likeness (QED) is 0.160. The second-order valence-corrected chi connectivity index (χ2v) is 12.1. The zero-order valence-corrected chi connectivity index (χ0v) is 24.8. The number of nitrogen functional groups attached to an aromatic ring is 1. The molecule has 0 saturated carbocycles. The summed E-state index contributed by atoms with van der Waals surface area (Å²) in [5.41, 5.74) is 7.26. The standard InChI is InChI=1S/C30H37N5O5S/c1-6-19-34(35(29(37)40-30(3,4)7-2)24-12-10-11-22(20-24)27(31)32)28(36)33-23-17-15-21(16-18-23)25-13-8-9-14-26(25)41(5,38)39/h8-18,20H,6-7,19H2,1-5H3,(H3,31,32)(H,33,36). The number of rotatable bonds is 9. The Morgan fingerprint density at radius 3 is 2.24 bits per heavy atom. The first-order valence-corrected chi connectivity index (χ1v) is 15.1. The van der Waals surface area contributed by atoms with Crippen molar-refractivity contribution in [3.63, 3.8) is 0 Å². The molecule has 0 fully saturated rings. The van der Waals surface area contributed by atoms with E-state index in [1.54, 1.807) is 86.6 Å². The second kappa shape index (κ2) is 12.9. The number of nitrogens with one attached hydrogen (secondary N) is 2. The summed E-state index contributed by atoms with van der Waals surface area (Å²) in [4.78, 5) is 27.4. The smallest absolute Gasteiger partial charge is 0.434 e. The molecule has 3 amide bonds. The Bertz CT molecular complexity index is 1520. The Morgan fingerprint density at radius 1 is 1.00 bits per heavy atom. The van der Waals surface area contributed by atoms with Gasteiger partial charge in [-0.05, 0) is 62.6 Å². The van der Waals surface area contributed by atoms with Crippen LogP contribution in [-0.4, -0.2) is 49.8 Å². The highest BCUT2D eigenvalue weighted by molar-refractivity contribution is 7.90. The molecule has 0 heterocycles. The average Bonchev–Trinajstić information content (AvgIpc) is 2.92. The van der Waals surface area contributed by atoms with Crippen LogP contribution in [0.25, 0.3) is 11.1 Å². The van der Waals surface area contributed by atoms with Crippen molar-refractivity contribution < 1.29 is 22.7 Å². The summed E-state index contributed by atoms with van der Waals surface area (Å²) in [6.07, 6.45) is 1.48. The molecule has 3 aromatic carbocycles. The molecule has 0 unspecified atom stereocenters. The lowest BCUT2D eigenvalue weighted by Gasteiger charge is -2.36. The largest absolute Gasteiger partial charge is 0.442 e. The van der Waals surface area contributed by atoms with Crippen molar-refractivity contribution in [1.82, 2.24) is 5.01 Å². The van der Waals surface area contributed by atoms with Crippen molar-refractivity contribution in [1.29, 1.82) is 5.41 Å². The molecular weight excluding hydrogens is 542 g/mol. The van der Waals surface area contributed by atoms with Crippen molar-refractivity contribution >= 4 is 39.2 Å². The molecule has 218 valence electrons. The number of sulfone groups is 1. The minimum absolute atomic E-state index is 0.178. The summed E-state index contributed by atoms with van der Waals surface area (Å²) < 4.78 is 30.3. The number of hydrogen-bond donors (Lipinski definition) is 3. The highest BCUT2D eigenvalue weighted by Gasteiger charge is 2.32. The predicted molar refractivity (Wildman–Crippen MR) is 162 cm³/mol. The molecule has 10 nitrogen and oxygen atoms in total. The van der Waals surface area contributed by atoms with E-state index in [-0.39, 0.29) is 17.3 Å². The van der Waals surface area contributed by atoms with E-state index in [9.17, 15) is 18.0 Å². The monoisotopic (exact) mass is 579 g/mol. The number of hydrogen-bond acceptors (Lipinski definition) is 6. The first-order valence-electron chi connectivity index (χ1n) is 13.2. The Hall–Kier alpha value is -4.38. The van der Waals surface area contributed by atoms with E-state index in [2.05, 4.69) is 5.32 Å². The molecule has 0 aliphatic heterocycles. The van der Waals surface area contributed by atoms with Gasteiger partial charge in [-0.2, -0.15) is 5.01 Å². The lowest BCUT2D eigenvalue weighted by Crippen LogP contribution is -2.53. The number of hydrazine groups is 1. The molecule has 3 aromatic rings. The summed E-state index contributed by atoms with van der Waals surface area (Å²) in [5.74, 6) is -0.182. The Kier molecular flexibility index (Phi) is 9.77. The zero-order chi connectivity index (χ0) is 30.4. The SMILES string of the molecule is CCCN(C(=O)Nc1ccc(-c2ccccc2S(C)(=O)=O)cc1)N(C(=O)OC(C)(C)CC)c1cccc(C(=N)N)c1. The van der Waals surface area contributed by atoms with E-state index in [0.717, 1.165) is 11.3 Å². The van der Waals surface area contributed by atoms with E-state index >= 15 is 0 Å². The van der Waals surface area contributed by atoms with Gasteiger partial charge in [-0.25, -0.2) is 23.0 Å². The third kappa shape index (κ3) is 7.85. The fraction of sp³-hybridized carbons (Fsp3) is 0.300. The van der Waals surface area contributed by atoms with Crippen molar-refractivity contribution in [3.05, 3.63) is 78.4 Å². The topological polar surface area (TPSA) is 146 Å². The van der Waals surface area contributed by atoms with Crippen LogP contribution in [0.3, 0.4) is 0 Å². The van der Waals surface area contributed by atoms with Gasteiger partial charge in [0, 0.05) is 29.6 Å². The van der Waals surface area contributed by atoms with Crippen molar-refractivity contribution in [2.24, 2.45) is 5.73 Å². The van der Waals surface area contributed by atoms with Gasteiger partial charge in [0.2, 0.25) is 0 Å². The number of ether oxygens (including phenoxy) is 1. The molecule has 0 radical (unpaired) electrons. The molecule has 0 aliphatic rings. The van der Waals surface area contributed by atoms with Crippen LogP contribution in [0, 0.1) is 5.41 Å². The maximum Gasteiger partial charge on any atom is 0.434 e. The van der Waals surface area contributed by atoms with Gasteiger partial charge in [0.05, 0.1) is 10.6 Å². The minimum atomic E-state index is -3.44. The first kappa shape index (κ1) is 31.2. The molecule has 0 atom stereocenters. The number of amidine groups is 1. The molecule has 3 rings (SSSR count). The maximum atomic E-state index is 13.6. The van der Waals surface area contributed by atoms with Gasteiger partial charge in [0.25, 0.3) is 0 Å². The summed E-state index contributed by atoms with van der Waals surface area (Å²) >= 11 is 0. The van der Waals surface area contributed by atoms with Gasteiger partial charge in [0.1, 0.15) is 11.4 Å². The van der Waals surface area contributed by atoms with Gasteiger partial charge in [-0.15, -0.1) is 0 Å². The third-order valence-electron chi connectivity index (χ3n) is 6.43. The van der Waals surface area contributed by atoms with E-state index in [1.165, 1.54) is 5.01 Å². The van der Waals surface area contributed by atoms with Gasteiger partial charge in [-0.1, -0.05) is 56.3 Å². The van der Waals surface area contributed by atoms with Gasteiger partial charge >= 0.3 is 12.1 Å². The molecule has 4 N–H and O–H groups in total. The summed E-state index contributed by atoms with van der Waals surface area (Å²) in [6.45, 7) is 7.51. The maximum absolute atomic E-state index is 13.6. The van der Waals surface area contributed by atoms with E-state index in [1.807, 2.05) is 13.8 Å². The van der Waals surface area contributed by atoms with E-state index in [0.29, 0.717) is 40.9 Å². The van der Waals surface area contributed by atoms with Crippen molar-refractivity contribution in [2.75, 3.05) is 23.1 Å². The molecule has 0 aliphatic carbocycles. The van der Waals surface area contributed by atoms with Crippen molar-refractivity contribution in [3.8, 4) is 11.1 Å². The zero-order valence-electron chi connectivity index (χ0n) is 24.0. The van der Waals surface area contributed by atoms with Crippen LogP contribution in [0.4, 0.5) is 21.0 Å². The van der Waals surface area contributed by atoms with Gasteiger partial charge in [0.15, 0.2) is 9.84 Å². The van der Waals surface area contributed by atoms with Crippen LogP contribution in [0.15, 0.2) is 77.7 Å². The highest BCUT2D eigenvalue weighted by atomic mass is 32.2. The molecule has 0 aromatic heterocycles. The van der Waals surface area contributed by atoms with Crippen LogP contribution < -0.4 is 16.1 Å². The molecule has 11 heteroatoms. The normalized spacial score (nSPS) is 11.4. The summed E-state index contributed by atoms with van der Waals surface area (Å²) in [6, 6.07) is 19.3. The number of nitrogens with zero attached hydrogens (tertiary/aromatic N) is 2. The van der Waals surface area contributed by atoms with Crippen LogP contribution in [0.1, 0.15) is 46.1 Å². The Morgan fingerprint density at radius 2 is 1.66 bits per heavy atom. The number of urea groups is 1. The molecule has 0 spiro atoms. The number of carbonyl (C=O) groups is 2. The number of anilines is 2. The Balaban J connectivity index is 1.96. The van der Waals surface area contributed by atoms with E-state index < -0.39 is 27.6 Å². The summed E-state index contributed by atoms with van der Waals surface area (Å²) in [5, 5.41) is 13.0. The third-order valence-corrected chi connectivity index (χ3v) is 7.59. The molecular formula is C30H37N5O5S. The minimum Gasteiger partial charge on any atom is -0.442 e. The number of amides is 3. The predicted octanol–water partition coefficient (Wildman–Crippen LogP) is 6.03. The highest BCUT2D eigenvalue weighted by Crippen LogP contribution is 2.29. The molecule has 0 saturated heterocycles. The number of benzene rings is 3. The average molecular weight is 580 g/mol. The lowest BCUT2D eigenvalue weighted by atomic mass is 10.1. The van der Waals surface area contributed by atoms with Crippen LogP contribution in [0.2, 0.25) is 0 Å². The van der Waals surface area contributed by atoms with Crippen molar-refractivity contribution in [2.45, 2.75) is 51.0 Å². The fourth-order valence-electron chi connectivity index (χ4n) is 3.95. The molecule has 41 heavy (non-hydrogen) atoms. The second-order valence-electron chi connectivity index (χ2n) is 10.2. The van der Waals surface area contributed by atoms with Gasteiger partial charge < -0.3 is 15.8 Å². The number of carbonyl (C=O) groups excluding carboxylic acids is 2. The van der Waals surface area contributed by atoms with Crippen LogP contribution in [0.5, 0.6) is 0 Å². The molecule has 0 bridgehead atoms. The fourth-order valence-corrected chi connectivity index (χ4v) is 4.87. The lowest BCUT2D eigenvalue weighted by molar-refractivity contribution is 0.0336. The van der Waals surface area contributed by atoms with Gasteiger partial charge in [-0.3, -0.25) is 5.41 Å². The first-order chi connectivity index (χ1) is 19.3. The van der Waals surface area contributed by atoms with E-state index in [4.69, 9.17) is 15.9 Å². The Labute approximate surface area is 241 Å². The number of nitrogens with two attached hydrogens (primary N) is 1. The summed E-state index contributed by atoms with van der Waals surface area (Å²) in [7, 11) is -3.44.